The summed E-state index contributed by atoms with van der Waals surface area (Å²) >= 11 is 0. The van der Waals surface area contributed by atoms with Gasteiger partial charge in [-0.25, -0.2) is 0 Å². The van der Waals surface area contributed by atoms with Gasteiger partial charge in [-0.1, -0.05) is 6.07 Å². The predicted molar refractivity (Wildman–Crippen MR) is 71.2 cm³/mol. The van der Waals surface area contributed by atoms with Crippen molar-refractivity contribution in [3.8, 4) is 0 Å². The zero-order valence-electron chi connectivity index (χ0n) is 10.7. The summed E-state index contributed by atoms with van der Waals surface area (Å²) in [6.07, 6.45) is 0.279. The minimum Gasteiger partial charge on any atom is -0.398 e. The van der Waals surface area contributed by atoms with Gasteiger partial charge in [-0.3, -0.25) is 9.59 Å². The number of carbonyl (C=O) groups excluding carboxylic acids is 2. The lowest BCUT2D eigenvalue weighted by molar-refractivity contribution is -0.120. The third kappa shape index (κ3) is 4.08. The van der Waals surface area contributed by atoms with Gasteiger partial charge in [-0.05, 0) is 31.5 Å². The molecule has 0 spiro atoms. The van der Waals surface area contributed by atoms with Crippen LogP contribution in [0.5, 0.6) is 0 Å². The van der Waals surface area contributed by atoms with Crippen molar-refractivity contribution in [1.82, 2.24) is 10.6 Å². The van der Waals surface area contributed by atoms with E-state index in [4.69, 9.17) is 5.73 Å². The summed E-state index contributed by atoms with van der Waals surface area (Å²) < 4.78 is 0. The van der Waals surface area contributed by atoms with E-state index in [9.17, 15) is 9.59 Å². The molecule has 5 nitrogen and oxygen atoms in total. The maximum atomic E-state index is 11.7. The monoisotopic (exact) mass is 249 g/mol. The summed E-state index contributed by atoms with van der Waals surface area (Å²) in [5.41, 5.74) is 7.77. The number of nitrogens with one attached hydrogen (secondary N) is 2. The molecular weight excluding hydrogens is 230 g/mol. The zero-order valence-corrected chi connectivity index (χ0v) is 10.7. The maximum absolute atomic E-state index is 11.7. The van der Waals surface area contributed by atoms with Crippen molar-refractivity contribution in [3.05, 3.63) is 29.3 Å². The van der Waals surface area contributed by atoms with Crippen LogP contribution in [0.15, 0.2) is 18.2 Å². The van der Waals surface area contributed by atoms with Crippen LogP contribution in [-0.4, -0.2) is 24.9 Å². The van der Waals surface area contributed by atoms with E-state index in [0.29, 0.717) is 24.3 Å². The number of hydrogen-bond acceptors (Lipinski definition) is 3. The van der Waals surface area contributed by atoms with Gasteiger partial charge in [-0.15, -0.1) is 0 Å². The Bertz CT molecular complexity index is 444. The Morgan fingerprint density at radius 1 is 1.28 bits per heavy atom. The van der Waals surface area contributed by atoms with Gasteiger partial charge in [0.05, 0.1) is 0 Å². The number of aryl methyl sites for hydroxylation is 1. The molecule has 0 heterocycles. The number of nitrogens with two attached hydrogens (primary N) is 1. The number of nitrogen functional groups attached to an aromatic ring is 1. The van der Waals surface area contributed by atoms with Crippen LogP contribution in [0.25, 0.3) is 0 Å². The summed E-state index contributed by atoms with van der Waals surface area (Å²) in [5.74, 6) is -0.285. The Balaban J connectivity index is 2.45. The van der Waals surface area contributed by atoms with Gasteiger partial charge in [0.2, 0.25) is 5.91 Å². The van der Waals surface area contributed by atoms with Crippen LogP contribution in [-0.2, 0) is 4.79 Å². The molecule has 2 amide bonds. The second-order valence-corrected chi connectivity index (χ2v) is 4.03. The second-order valence-electron chi connectivity index (χ2n) is 4.03. The van der Waals surface area contributed by atoms with Gasteiger partial charge in [-0.2, -0.15) is 0 Å². The van der Waals surface area contributed by atoms with Gasteiger partial charge < -0.3 is 16.4 Å². The van der Waals surface area contributed by atoms with Crippen molar-refractivity contribution in [2.75, 3.05) is 18.8 Å². The Kier molecular flexibility index (Phi) is 5.17. The molecule has 0 saturated carbocycles. The normalized spacial score (nSPS) is 9.89. The van der Waals surface area contributed by atoms with Crippen LogP contribution in [0, 0.1) is 6.92 Å². The molecule has 0 unspecified atom stereocenters. The van der Waals surface area contributed by atoms with Gasteiger partial charge in [0.1, 0.15) is 0 Å². The molecule has 0 aliphatic carbocycles. The lowest BCUT2D eigenvalue weighted by Gasteiger charge is -2.07. The molecule has 0 saturated heterocycles. The average molecular weight is 249 g/mol. The summed E-state index contributed by atoms with van der Waals surface area (Å²) in [6, 6.07) is 5.15. The minimum atomic E-state index is -0.217. The van der Waals surface area contributed by atoms with E-state index in [1.54, 1.807) is 18.2 Å². The number of benzene rings is 1. The smallest absolute Gasteiger partial charge is 0.251 e. The third-order valence-corrected chi connectivity index (χ3v) is 2.55. The molecule has 0 radical (unpaired) electrons. The van der Waals surface area contributed by atoms with Crippen molar-refractivity contribution in [3.63, 3.8) is 0 Å². The standard InChI is InChI=1S/C13H19N3O2/c1-3-15-12(17)6-7-16-13(18)10-5-4-9(2)11(14)8-10/h4-5,8H,3,6-7,14H2,1-2H3,(H,15,17)(H,16,18). The van der Waals surface area contributed by atoms with Crippen LogP contribution in [0.2, 0.25) is 0 Å². The molecule has 0 aliphatic rings. The molecule has 0 fully saturated rings. The molecule has 1 aromatic carbocycles. The maximum Gasteiger partial charge on any atom is 0.251 e. The fraction of sp³-hybridized carbons (Fsp3) is 0.385. The number of rotatable bonds is 5. The van der Waals surface area contributed by atoms with Gasteiger partial charge in [0, 0.05) is 30.8 Å². The molecular formula is C13H19N3O2. The zero-order chi connectivity index (χ0) is 13.5. The quantitative estimate of drug-likeness (QED) is 0.676. The van der Waals surface area contributed by atoms with Gasteiger partial charge in [0.25, 0.3) is 5.91 Å². The van der Waals surface area contributed by atoms with Crippen LogP contribution in [0.1, 0.15) is 29.3 Å². The van der Waals surface area contributed by atoms with Crippen LogP contribution in [0.3, 0.4) is 0 Å². The molecule has 1 aromatic rings. The summed E-state index contributed by atoms with van der Waals surface area (Å²) in [6.45, 7) is 4.65. The van der Waals surface area contributed by atoms with E-state index < -0.39 is 0 Å². The van der Waals surface area contributed by atoms with Crippen molar-refractivity contribution < 1.29 is 9.59 Å². The molecule has 0 bridgehead atoms. The second kappa shape index (κ2) is 6.64. The molecule has 0 aromatic heterocycles. The molecule has 1 rings (SSSR count). The van der Waals surface area contributed by atoms with Crippen LogP contribution in [0.4, 0.5) is 5.69 Å². The Hall–Kier alpha value is -2.04. The largest absolute Gasteiger partial charge is 0.398 e. The van der Waals surface area contributed by atoms with Crippen molar-refractivity contribution in [2.24, 2.45) is 0 Å². The van der Waals surface area contributed by atoms with E-state index in [1.165, 1.54) is 0 Å². The molecule has 5 heteroatoms. The van der Waals surface area contributed by atoms with Crippen LogP contribution >= 0.6 is 0 Å². The molecule has 4 N–H and O–H groups in total. The van der Waals surface area contributed by atoms with Gasteiger partial charge >= 0.3 is 0 Å². The minimum absolute atomic E-state index is 0.0683. The molecule has 0 atom stereocenters. The number of hydrogen-bond donors (Lipinski definition) is 3. The Morgan fingerprint density at radius 3 is 2.61 bits per heavy atom. The highest BCUT2D eigenvalue weighted by Crippen LogP contribution is 2.12. The Labute approximate surface area is 107 Å². The summed E-state index contributed by atoms with van der Waals surface area (Å²) in [4.78, 5) is 22.9. The number of amides is 2. The SMILES string of the molecule is CCNC(=O)CCNC(=O)c1ccc(C)c(N)c1. The topological polar surface area (TPSA) is 84.2 Å². The van der Waals surface area contributed by atoms with E-state index in [0.717, 1.165) is 5.56 Å². The molecule has 0 aliphatic heterocycles. The highest BCUT2D eigenvalue weighted by Gasteiger charge is 2.07. The summed E-state index contributed by atoms with van der Waals surface area (Å²) in [5, 5.41) is 5.34. The van der Waals surface area contributed by atoms with E-state index in [-0.39, 0.29) is 18.2 Å². The predicted octanol–water partition coefficient (Wildman–Crippen LogP) is 0.833. The highest BCUT2D eigenvalue weighted by atomic mass is 16.2. The third-order valence-electron chi connectivity index (χ3n) is 2.55. The number of anilines is 1. The first-order valence-corrected chi connectivity index (χ1v) is 5.95. The molecule has 18 heavy (non-hydrogen) atoms. The van der Waals surface area contributed by atoms with E-state index >= 15 is 0 Å². The first-order valence-electron chi connectivity index (χ1n) is 5.95. The fourth-order valence-electron chi connectivity index (χ4n) is 1.46. The molecule has 98 valence electrons. The van der Waals surface area contributed by atoms with Crippen molar-refractivity contribution >= 4 is 17.5 Å². The first-order chi connectivity index (χ1) is 8.54. The number of carbonyl (C=O) groups is 2. The highest BCUT2D eigenvalue weighted by molar-refractivity contribution is 5.95. The van der Waals surface area contributed by atoms with Crippen molar-refractivity contribution in [1.29, 1.82) is 0 Å². The van der Waals surface area contributed by atoms with Crippen molar-refractivity contribution in [2.45, 2.75) is 20.3 Å². The average Bonchev–Trinajstić information content (AvgIpc) is 2.33. The van der Waals surface area contributed by atoms with Crippen LogP contribution < -0.4 is 16.4 Å². The lowest BCUT2D eigenvalue weighted by atomic mass is 10.1. The van der Waals surface area contributed by atoms with E-state index in [1.807, 2.05) is 13.8 Å². The summed E-state index contributed by atoms with van der Waals surface area (Å²) in [7, 11) is 0. The van der Waals surface area contributed by atoms with Gasteiger partial charge in [0.15, 0.2) is 0 Å². The first kappa shape index (κ1) is 14.0. The Morgan fingerprint density at radius 2 is 2.00 bits per heavy atom. The fourth-order valence-corrected chi connectivity index (χ4v) is 1.46. The lowest BCUT2D eigenvalue weighted by Crippen LogP contribution is -2.30. The van der Waals surface area contributed by atoms with E-state index in [2.05, 4.69) is 10.6 Å².